The van der Waals surface area contributed by atoms with Crippen molar-refractivity contribution in [2.75, 3.05) is 11.1 Å². The first-order valence-corrected chi connectivity index (χ1v) is 12.6. The number of nitrogens with two attached hydrogens (primary N) is 1. The fourth-order valence-electron chi connectivity index (χ4n) is 5.93. The zero-order valence-corrected chi connectivity index (χ0v) is 19.4. The minimum Gasteiger partial charge on any atom is -0.393 e. The van der Waals surface area contributed by atoms with E-state index in [2.05, 4.69) is 50.2 Å². The Bertz CT molecular complexity index is 1310. The number of aliphatic hydroxyl groups is 1. The third-order valence-electron chi connectivity index (χ3n) is 7.83. The molecule has 0 spiro atoms. The van der Waals surface area contributed by atoms with Gasteiger partial charge in [-0.15, -0.1) is 0 Å². The van der Waals surface area contributed by atoms with Crippen LogP contribution < -0.4 is 11.1 Å². The zero-order chi connectivity index (χ0) is 23.1. The number of benzene rings is 1. The van der Waals surface area contributed by atoms with Crippen molar-refractivity contribution in [2.45, 2.75) is 69.6 Å². The van der Waals surface area contributed by atoms with Crippen molar-refractivity contribution >= 4 is 33.6 Å². The minimum atomic E-state index is -0.303. The third-order valence-corrected chi connectivity index (χ3v) is 7.83. The summed E-state index contributed by atoms with van der Waals surface area (Å²) in [7, 11) is 0. The number of nitrogen functional groups attached to an aromatic ring is 1. The number of nitrogens with zero attached hydrogens (tertiary/aromatic N) is 4. The second kappa shape index (κ2) is 8.87. The van der Waals surface area contributed by atoms with Crippen molar-refractivity contribution < 1.29 is 5.11 Å². The highest BCUT2D eigenvalue weighted by Crippen LogP contribution is 2.39. The van der Waals surface area contributed by atoms with Gasteiger partial charge in [0.25, 0.3) is 0 Å². The number of aryl methyl sites for hydroxylation is 1. The van der Waals surface area contributed by atoms with Gasteiger partial charge in [0.05, 0.1) is 17.0 Å². The molecule has 0 amide bonds. The first kappa shape index (κ1) is 21.4. The molecule has 1 aromatic carbocycles. The molecule has 2 saturated carbocycles. The summed E-state index contributed by atoms with van der Waals surface area (Å²) in [6.45, 7) is 0. The fraction of sp³-hybridized carbons (Fsp3) is 0.444. The van der Waals surface area contributed by atoms with Gasteiger partial charge in [-0.25, -0.2) is 15.0 Å². The minimum absolute atomic E-state index is 0.231. The summed E-state index contributed by atoms with van der Waals surface area (Å²) in [5, 5.41) is 16.5. The summed E-state index contributed by atoms with van der Waals surface area (Å²) in [5.41, 5.74) is 9.18. The standard InChI is InChI=1S/C27H32N6O/c28-26-22-11-12-33(27(22)30-16-29-26)21-14-19(24(34)15-21)8-6-17-5-7-18-9-10-25(32-23(18)13-17)31-20-3-1-2-4-20/h5,7,9-13,16,19-21,24,34H,1-4,6,8,14-15H2,(H,31,32)(H2,28,29,30). The molecule has 3 aromatic heterocycles. The number of aromatic nitrogens is 4. The molecular formula is C27H32N6O. The summed E-state index contributed by atoms with van der Waals surface area (Å²) in [6.07, 6.45) is 11.9. The summed E-state index contributed by atoms with van der Waals surface area (Å²) in [5.74, 6) is 1.75. The van der Waals surface area contributed by atoms with E-state index >= 15 is 0 Å². The predicted octanol–water partition coefficient (Wildman–Crippen LogP) is 4.86. The van der Waals surface area contributed by atoms with Crippen LogP contribution in [0.3, 0.4) is 0 Å². The molecule has 3 heterocycles. The molecule has 7 nitrogen and oxygen atoms in total. The van der Waals surface area contributed by atoms with Crippen LogP contribution in [0.2, 0.25) is 0 Å². The lowest BCUT2D eigenvalue weighted by molar-refractivity contribution is 0.127. The molecule has 6 rings (SSSR count). The fourth-order valence-corrected chi connectivity index (χ4v) is 5.93. The maximum Gasteiger partial charge on any atom is 0.145 e. The van der Waals surface area contributed by atoms with Gasteiger partial charge in [-0.05, 0) is 74.3 Å². The molecule has 3 unspecified atom stereocenters. The monoisotopic (exact) mass is 456 g/mol. The Labute approximate surface area is 199 Å². The maximum absolute atomic E-state index is 10.8. The number of rotatable bonds is 6. The van der Waals surface area contributed by atoms with Crippen LogP contribution in [0.25, 0.3) is 21.9 Å². The van der Waals surface area contributed by atoms with Gasteiger partial charge in [0.2, 0.25) is 0 Å². The highest BCUT2D eigenvalue weighted by molar-refractivity contribution is 5.86. The van der Waals surface area contributed by atoms with Crippen molar-refractivity contribution in [3.05, 3.63) is 54.5 Å². The number of nitrogens with one attached hydrogen (secondary N) is 1. The van der Waals surface area contributed by atoms with Crippen LogP contribution in [-0.2, 0) is 6.42 Å². The summed E-state index contributed by atoms with van der Waals surface area (Å²) < 4.78 is 2.16. The van der Waals surface area contributed by atoms with E-state index in [0.29, 0.717) is 11.9 Å². The van der Waals surface area contributed by atoms with E-state index in [1.54, 1.807) is 0 Å². The van der Waals surface area contributed by atoms with Crippen LogP contribution in [-0.4, -0.2) is 36.8 Å². The second-order valence-corrected chi connectivity index (χ2v) is 10.1. The van der Waals surface area contributed by atoms with Gasteiger partial charge < -0.3 is 20.7 Å². The molecule has 0 aliphatic heterocycles. The normalized spacial score (nSPS) is 23.3. The Hall–Kier alpha value is -3.19. The van der Waals surface area contributed by atoms with Crippen LogP contribution >= 0.6 is 0 Å². The summed E-state index contributed by atoms with van der Waals surface area (Å²) >= 11 is 0. The number of fused-ring (bicyclic) bond motifs is 2. The second-order valence-electron chi connectivity index (χ2n) is 10.1. The van der Waals surface area contributed by atoms with E-state index < -0.39 is 0 Å². The van der Waals surface area contributed by atoms with E-state index in [4.69, 9.17) is 10.7 Å². The maximum atomic E-state index is 10.8. The topological polar surface area (TPSA) is 102 Å². The lowest BCUT2D eigenvalue weighted by Crippen LogP contribution is -2.15. The first-order valence-electron chi connectivity index (χ1n) is 12.6. The Kier molecular flexibility index (Phi) is 5.57. The van der Waals surface area contributed by atoms with Crippen molar-refractivity contribution in [1.29, 1.82) is 0 Å². The molecule has 0 radical (unpaired) electrons. The van der Waals surface area contributed by atoms with Crippen LogP contribution in [0.15, 0.2) is 48.9 Å². The molecule has 2 aliphatic rings. The molecule has 4 aromatic rings. The van der Waals surface area contributed by atoms with Gasteiger partial charge in [0, 0.05) is 23.7 Å². The van der Waals surface area contributed by atoms with Gasteiger partial charge in [0.1, 0.15) is 23.6 Å². The Morgan fingerprint density at radius 1 is 1.06 bits per heavy atom. The zero-order valence-electron chi connectivity index (χ0n) is 19.4. The summed E-state index contributed by atoms with van der Waals surface area (Å²) in [6, 6.07) is 13.6. The van der Waals surface area contributed by atoms with E-state index in [1.165, 1.54) is 43.0 Å². The van der Waals surface area contributed by atoms with Gasteiger partial charge in [-0.2, -0.15) is 0 Å². The van der Waals surface area contributed by atoms with Gasteiger partial charge in [-0.3, -0.25) is 0 Å². The van der Waals surface area contributed by atoms with Crippen LogP contribution in [0.5, 0.6) is 0 Å². The third kappa shape index (κ3) is 4.09. The van der Waals surface area contributed by atoms with Crippen LogP contribution in [0.4, 0.5) is 11.6 Å². The molecule has 2 aliphatic carbocycles. The average molecular weight is 457 g/mol. The van der Waals surface area contributed by atoms with Crippen molar-refractivity contribution in [1.82, 2.24) is 19.5 Å². The number of hydrogen-bond acceptors (Lipinski definition) is 6. The molecule has 0 saturated heterocycles. The molecular weight excluding hydrogens is 424 g/mol. The molecule has 176 valence electrons. The summed E-state index contributed by atoms with van der Waals surface area (Å²) in [4.78, 5) is 13.4. The molecule has 3 atom stereocenters. The van der Waals surface area contributed by atoms with Crippen LogP contribution in [0, 0.1) is 5.92 Å². The molecule has 7 heteroatoms. The molecule has 2 fully saturated rings. The Morgan fingerprint density at radius 2 is 1.91 bits per heavy atom. The predicted molar refractivity (Wildman–Crippen MR) is 136 cm³/mol. The largest absolute Gasteiger partial charge is 0.393 e. The molecule has 0 bridgehead atoms. The van der Waals surface area contributed by atoms with Crippen molar-refractivity contribution in [3.8, 4) is 0 Å². The number of pyridine rings is 1. The van der Waals surface area contributed by atoms with E-state index in [-0.39, 0.29) is 18.1 Å². The lowest BCUT2D eigenvalue weighted by Gasteiger charge is -2.15. The number of hydrogen-bond donors (Lipinski definition) is 3. The van der Waals surface area contributed by atoms with Gasteiger partial charge in [-0.1, -0.05) is 25.0 Å². The first-order chi connectivity index (χ1) is 16.6. The molecule has 34 heavy (non-hydrogen) atoms. The highest BCUT2D eigenvalue weighted by atomic mass is 16.3. The van der Waals surface area contributed by atoms with Crippen LogP contribution in [0.1, 0.15) is 56.6 Å². The van der Waals surface area contributed by atoms with E-state index in [1.807, 2.05) is 12.3 Å². The Balaban J connectivity index is 1.13. The highest BCUT2D eigenvalue weighted by Gasteiger charge is 2.34. The van der Waals surface area contributed by atoms with Gasteiger partial charge >= 0.3 is 0 Å². The smallest absolute Gasteiger partial charge is 0.145 e. The lowest BCUT2D eigenvalue weighted by atomic mass is 9.96. The van der Waals surface area contributed by atoms with Gasteiger partial charge in [0.15, 0.2) is 0 Å². The number of anilines is 2. The number of aliphatic hydroxyl groups excluding tert-OH is 1. The van der Waals surface area contributed by atoms with Crippen molar-refractivity contribution in [2.24, 2.45) is 5.92 Å². The Morgan fingerprint density at radius 3 is 2.79 bits per heavy atom. The average Bonchev–Trinajstić information content (AvgIpc) is 3.58. The SMILES string of the molecule is Nc1ncnc2c1ccn2C1CC(O)C(CCc2ccc3ccc(NC4CCCC4)nc3c2)C1. The van der Waals surface area contributed by atoms with E-state index in [0.717, 1.165) is 48.1 Å². The molecule has 4 N–H and O–H groups in total. The van der Waals surface area contributed by atoms with Crippen molar-refractivity contribution in [3.63, 3.8) is 0 Å². The quantitative estimate of drug-likeness (QED) is 0.383. The van der Waals surface area contributed by atoms with E-state index in [9.17, 15) is 5.11 Å².